The minimum absolute atomic E-state index is 0.0745. The van der Waals surface area contributed by atoms with Gasteiger partial charge in [0.05, 0.1) is 25.5 Å². The van der Waals surface area contributed by atoms with Crippen molar-refractivity contribution in [2.75, 3.05) is 33.9 Å². The summed E-state index contributed by atoms with van der Waals surface area (Å²) in [6.45, 7) is 4.11. The highest BCUT2D eigenvalue weighted by atomic mass is 19.1. The monoisotopic (exact) mass is 470 g/mol. The van der Waals surface area contributed by atoms with Gasteiger partial charge < -0.3 is 19.7 Å². The molecular weight excluding hydrogens is 439 g/mol. The summed E-state index contributed by atoms with van der Waals surface area (Å²) in [5.41, 5.74) is 2.29. The van der Waals surface area contributed by atoms with Gasteiger partial charge in [-0.3, -0.25) is 4.79 Å². The van der Waals surface area contributed by atoms with Crippen molar-refractivity contribution < 1.29 is 23.5 Å². The summed E-state index contributed by atoms with van der Waals surface area (Å²) >= 11 is 0. The highest BCUT2D eigenvalue weighted by Crippen LogP contribution is 2.33. The lowest BCUT2D eigenvalue weighted by atomic mass is 9.98. The van der Waals surface area contributed by atoms with Gasteiger partial charge in [-0.05, 0) is 49.2 Å². The van der Waals surface area contributed by atoms with E-state index < -0.39 is 0 Å². The molecule has 1 aliphatic heterocycles. The fourth-order valence-corrected chi connectivity index (χ4v) is 3.67. The molecule has 0 fully saturated rings. The number of nitrogens with zero attached hydrogens (tertiary/aromatic N) is 3. The van der Waals surface area contributed by atoms with Crippen molar-refractivity contribution in [3.05, 3.63) is 65.5 Å². The Balaban J connectivity index is 1.88. The molecule has 2 aromatic carbocycles. The first-order valence-electron chi connectivity index (χ1n) is 11.2. The molecule has 34 heavy (non-hydrogen) atoms. The second-order valence-corrected chi connectivity index (χ2v) is 8.30. The molecule has 1 unspecified atom stereocenters. The number of hydrazone groups is 1. The van der Waals surface area contributed by atoms with Crippen LogP contribution in [0.1, 0.15) is 37.4 Å². The Morgan fingerprint density at radius 1 is 1.15 bits per heavy atom. The van der Waals surface area contributed by atoms with E-state index in [0.717, 1.165) is 11.1 Å². The van der Waals surface area contributed by atoms with Gasteiger partial charge in [0.25, 0.3) is 5.91 Å². The number of halogens is 1. The van der Waals surface area contributed by atoms with Crippen LogP contribution in [-0.2, 0) is 9.53 Å². The van der Waals surface area contributed by atoms with Gasteiger partial charge in [-0.25, -0.2) is 14.2 Å². The van der Waals surface area contributed by atoms with Crippen LogP contribution in [0.2, 0.25) is 0 Å². The smallest absolute Gasteiger partial charge is 0.318 e. The SMILES string of the molecule is COCCN(CC(=O)N1N=C(c2ccc(F)cc2)CC1c1ccc(OC)cc1)C(=O)NC(C)C. The largest absolute Gasteiger partial charge is 0.497 e. The van der Waals surface area contributed by atoms with Crippen LogP contribution in [0, 0.1) is 5.82 Å². The molecule has 3 amide bonds. The number of urea groups is 1. The zero-order valence-corrected chi connectivity index (χ0v) is 20.0. The quantitative estimate of drug-likeness (QED) is 0.607. The number of methoxy groups -OCH3 is 2. The Morgan fingerprint density at radius 2 is 1.82 bits per heavy atom. The van der Waals surface area contributed by atoms with E-state index in [2.05, 4.69) is 10.4 Å². The van der Waals surface area contributed by atoms with Gasteiger partial charge in [0.2, 0.25) is 0 Å². The van der Waals surface area contributed by atoms with E-state index >= 15 is 0 Å². The molecule has 0 aromatic heterocycles. The van der Waals surface area contributed by atoms with Crippen molar-refractivity contribution in [3.8, 4) is 5.75 Å². The average Bonchev–Trinajstić information content (AvgIpc) is 3.27. The van der Waals surface area contributed by atoms with Crippen LogP contribution in [0.15, 0.2) is 53.6 Å². The van der Waals surface area contributed by atoms with Crippen LogP contribution in [0.25, 0.3) is 0 Å². The molecule has 2 aromatic rings. The molecule has 9 heteroatoms. The van der Waals surface area contributed by atoms with Crippen LogP contribution in [-0.4, -0.2) is 67.5 Å². The minimum atomic E-state index is -0.365. The lowest BCUT2D eigenvalue weighted by molar-refractivity contribution is -0.133. The number of carbonyl (C=O) groups is 2. The Kier molecular flexibility index (Phi) is 8.59. The third kappa shape index (κ3) is 6.32. The van der Waals surface area contributed by atoms with Crippen molar-refractivity contribution in [3.63, 3.8) is 0 Å². The first-order chi connectivity index (χ1) is 16.3. The van der Waals surface area contributed by atoms with Crippen LogP contribution < -0.4 is 10.1 Å². The van der Waals surface area contributed by atoms with Crippen LogP contribution in [0.5, 0.6) is 5.75 Å². The number of hydrogen-bond donors (Lipinski definition) is 1. The van der Waals surface area contributed by atoms with E-state index in [1.165, 1.54) is 22.0 Å². The second kappa shape index (κ2) is 11.6. The Morgan fingerprint density at radius 3 is 2.41 bits per heavy atom. The van der Waals surface area contributed by atoms with Crippen LogP contribution in [0.3, 0.4) is 0 Å². The number of hydrogen-bond acceptors (Lipinski definition) is 5. The molecule has 8 nitrogen and oxygen atoms in total. The predicted octanol–water partition coefficient (Wildman–Crippen LogP) is 3.58. The number of carbonyl (C=O) groups excluding carboxylic acids is 2. The highest BCUT2D eigenvalue weighted by Gasteiger charge is 2.34. The van der Waals surface area contributed by atoms with E-state index in [1.54, 1.807) is 26.4 Å². The highest BCUT2D eigenvalue weighted by molar-refractivity contribution is 6.03. The molecule has 182 valence electrons. The van der Waals surface area contributed by atoms with Gasteiger partial charge in [-0.2, -0.15) is 5.10 Å². The van der Waals surface area contributed by atoms with Crippen LogP contribution >= 0.6 is 0 Å². The van der Waals surface area contributed by atoms with E-state index in [0.29, 0.717) is 24.5 Å². The maximum absolute atomic E-state index is 13.4. The van der Waals surface area contributed by atoms with Gasteiger partial charge in [0, 0.05) is 26.1 Å². The molecule has 3 rings (SSSR count). The Hall–Kier alpha value is -3.46. The van der Waals surface area contributed by atoms with E-state index in [1.807, 2.05) is 38.1 Å². The summed E-state index contributed by atoms with van der Waals surface area (Å²) in [5.74, 6) is 0.0373. The van der Waals surface area contributed by atoms with E-state index in [9.17, 15) is 14.0 Å². The number of ether oxygens (including phenoxy) is 2. The molecule has 0 bridgehead atoms. The molecule has 1 aliphatic rings. The molecule has 0 spiro atoms. The summed E-state index contributed by atoms with van der Waals surface area (Å²) in [6.07, 6.45) is 0.458. The lowest BCUT2D eigenvalue weighted by Crippen LogP contribution is -2.48. The maximum atomic E-state index is 13.4. The van der Waals surface area contributed by atoms with Gasteiger partial charge in [-0.15, -0.1) is 0 Å². The fraction of sp³-hybridized carbons (Fsp3) is 0.400. The molecule has 0 aliphatic carbocycles. The third-order valence-electron chi connectivity index (χ3n) is 5.43. The van der Waals surface area contributed by atoms with Crippen LogP contribution in [0.4, 0.5) is 9.18 Å². The fourth-order valence-electron chi connectivity index (χ4n) is 3.67. The van der Waals surface area contributed by atoms with Gasteiger partial charge in [-0.1, -0.05) is 24.3 Å². The number of amides is 3. The molecule has 1 heterocycles. The van der Waals surface area contributed by atoms with Gasteiger partial charge in [0.1, 0.15) is 18.1 Å². The summed E-state index contributed by atoms with van der Waals surface area (Å²) in [5, 5.41) is 8.84. The average molecular weight is 471 g/mol. The zero-order valence-electron chi connectivity index (χ0n) is 20.0. The van der Waals surface area contributed by atoms with Crippen molar-refractivity contribution >= 4 is 17.6 Å². The minimum Gasteiger partial charge on any atom is -0.497 e. The van der Waals surface area contributed by atoms with Gasteiger partial charge >= 0.3 is 6.03 Å². The number of nitrogens with one attached hydrogen (secondary N) is 1. The number of benzene rings is 2. The van der Waals surface area contributed by atoms with Crippen molar-refractivity contribution in [2.45, 2.75) is 32.4 Å². The lowest BCUT2D eigenvalue weighted by Gasteiger charge is -2.27. The van der Waals surface area contributed by atoms with E-state index in [4.69, 9.17) is 9.47 Å². The normalized spacial score (nSPS) is 15.3. The third-order valence-corrected chi connectivity index (χ3v) is 5.43. The van der Waals surface area contributed by atoms with Gasteiger partial charge in [0.15, 0.2) is 0 Å². The van der Waals surface area contributed by atoms with Crippen molar-refractivity contribution in [2.24, 2.45) is 5.10 Å². The molecular formula is C25H31FN4O4. The molecule has 0 radical (unpaired) electrons. The van der Waals surface area contributed by atoms with Crippen molar-refractivity contribution in [1.82, 2.24) is 15.2 Å². The molecule has 0 saturated heterocycles. The first kappa shape index (κ1) is 25.2. The Bertz CT molecular complexity index is 1010. The Labute approximate surface area is 199 Å². The standard InChI is InChI=1S/C25H31FN4O4/c1-17(2)27-25(32)29(13-14-33-3)16-24(31)30-23(19-7-11-21(34-4)12-8-19)15-22(28-30)18-5-9-20(26)10-6-18/h5-12,17,23H,13-16H2,1-4H3,(H,27,32). The molecule has 1 N–H and O–H groups in total. The zero-order chi connectivity index (χ0) is 24.7. The first-order valence-corrected chi connectivity index (χ1v) is 11.2. The summed E-state index contributed by atoms with van der Waals surface area (Å²) in [6, 6.07) is 12.7. The second-order valence-electron chi connectivity index (χ2n) is 8.30. The molecule has 1 atom stereocenters. The predicted molar refractivity (Wildman–Crippen MR) is 127 cm³/mol. The summed E-state index contributed by atoms with van der Waals surface area (Å²) in [7, 11) is 3.13. The number of rotatable bonds is 9. The van der Waals surface area contributed by atoms with Crippen molar-refractivity contribution in [1.29, 1.82) is 0 Å². The topological polar surface area (TPSA) is 83.5 Å². The van der Waals surface area contributed by atoms with E-state index in [-0.39, 0.29) is 42.9 Å². The molecule has 0 saturated carbocycles. The summed E-state index contributed by atoms with van der Waals surface area (Å²) < 4.78 is 23.8. The maximum Gasteiger partial charge on any atom is 0.318 e. The summed E-state index contributed by atoms with van der Waals surface area (Å²) in [4.78, 5) is 27.5.